The summed E-state index contributed by atoms with van der Waals surface area (Å²) in [6.07, 6.45) is 10.7. The fourth-order valence-electron chi connectivity index (χ4n) is 5.48. The van der Waals surface area contributed by atoms with Crippen LogP contribution >= 0.6 is 90.4 Å². The van der Waals surface area contributed by atoms with Crippen LogP contribution in [-0.2, 0) is 30.4 Å². The molecule has 0 spiro atoms. The summed E-state index contributed by atoms with van der Waals surface area (Å²) in [6.45, 7) is 5.64. The van der Waals surface area contributed by atoms with Crippen molar-refractivity contribution < 1.29 is 45.8 Å². The summed E-state index contributed by atoms with van der Waals surface area (Å²) in [5, 5.41) is 11.4. The summed E-state index contributed by atoms with van der Waals surface area (Å²) in [5.74, 6) is 0. The van der Waals surface area contributed by atoms with Gasteiger partial charge in [0.05, 0.1) is 23.6 Å². The average Bonchev–Trinajstić information content (AvgIpc) is 4.05. The lowest BCUT2D eigenvalue weighted by Gasteiger charge is -2.23. The number of carbonyl (C=O) groups excluding carboxylic acids is 1. The molecule has 7 rings (SSSR count). The summed E-state index contributed by atoms with van der Waals surface area (Å²) in [4.78, 5) is 11.8. The second kappa shape index (κ2) is 23.0. The van der Waals surface area contributed by atoms with E-state index < -0.39 is 5.60 Å². The second-order valence-electron chi connectivity index (χ2n) is 15.8. The van der Waals surface area contributed by atoms with Gasteiger partial charge in [0.15, 0.2) is 0 Å². The Kier molecular flexibility index (Phi) is 21.0. The van der Waals surface area contributed by atoms with Gasteiger partial charge in [-0.25, -0.2) is 4.79 Å². The van der Waals surface area contributed by atoms with Crippen LogP contribution in [0.5, 0.6) is 0 Å². The molecule has 6 nitrogen and oxygen atoms in total. The molecule has 3 aliphatic rings. The molecule has 0 heterocycles. The largest absolute Gasteiger partial charge is 1.00 e. The van der Waals surface area contributed by atoms with Crippen molar-refractivity contribution in [1.29, 1.82) is 5.26 Å². The Bertz CT molecular complexity index is 1740. The molecule has 55 heavy (non-hydrogen) atoms. The van der Waals surface area contributed by atoms with Crippen LogP contribution in [0.25, 0.3) is 0 Å². The summed E-state index contributed by atoms with van der Waals surface area (Å²) >= 11 is 9.20. The second-order valence-corrected chi connectivity index (χ2v) is 20.8. The fraction of sp³-hybridized carbons (Fsp3) is 0.395. The van der Waals surface area contributed by atoms with E-state index >= 15 is 0 Å². The van der Waals surface area contributed by atoms with Gasteiger partial charge in [-0.1, -0.05) is 48.5 Å². The lowest BCUT2D eigenvalue weighted by Crippen LogP contribution is -3.00. The van der Waals surface area contributed by atoms with Crippen LogP contribution < -0.4 is 41.6 Å². The zero-order valence-electron chi connectivity index (χ0n) is 31.8. The summed E-state index contributed by atoms with van der Waals surface area (Å²) in [5.41, 5.74) is 13.9. The number of rotatable bonds is 8. The lowest BCUT2D eigenvalue weighted by atomic mass is 10.0. The van der Waals surface area contributed by atoms with E-state index in [2.05, 4.69) is 186 Å². The first-order valence-corrected chi connectivity index (χ1v) is 22.3. The number of halogens is 6. The fourth-order valence-corrected chi connectivity index (χ4v) is 6.92. The van der Waals surface area contributed by atoms with Crippen molar-refractivity contribution in [2.24, 2.45) is 0 Å². The molecule has 3 saturated carbocycles. The van der Waals surface area contributed by atoms with Crippen LogP contribution in [-0.4, -0.2) is 28.3 Å². The van der Waals surface area contributed by atoms with Gasteiger partial charge in [0, 0.05) is 58.3 Å². The number of amides is 1. The minimum atomic E-state index is -0.441. The number of carbonyl (C=O) groups is 1. The van der Waals surface area contributed by atoms with Crippen LogP contribution in [0.1, 0.15) is 81.5 Å². The van der Waals surface area contributed by atoms with E-state index in [-0.39, 0.29) is 36.4 Å². The van der Waals surface area contributed by atoms with Gasteiger partial charge < -0.3 is 46.3 Å². The van der Waals surface area contributed by atoms with Gasteiger partial charge in [-0.2, -0.15) is 5.26 Å². The molecule has 298 valence electrons. The van der Waals surface area contributed by atoms with E-state index in [1.165, 1.54) is 56.7 Å². The SMILES string of the molecule is CC(C)(C)OC(=O)NC1(Cc2ccc(I)cc2)CC1.N#CCc1ccc(I)cc1.[Cl-].[Cl-].[NH3+]C1(Cc2ccc(I)cc2)CC1.[NH3+]C1(Cc2ccc(I)cc2)CC1. The minimum absolute atomic E-state index is 0. The highest BCUT2D eigenvalue weighted by Crippen LogP contribution is 2.39. The Morgan fingerprint density at radius 1 is 0.618 bits per heavy atom. The van der Waals surface area contributed by atoms with Crippen LogP contribution in [0, 0.1) is 25.6 Å². The van der Waals surface area contributed by atoms with E-state index in [4.69, 9.17) is 10.00 Å². The van der Waals surface area contributed by atoms with Gasteiger partial charge in [-0.05, 0) is 201 Å². The zero-order valence-corrected chi connectivity index (χ0v) is 41.9. The molecule has 0 radical (unpaired) electrons. The van der Waals surface area contributed by atoms with E-state index in [9.17, 15) is 4.79 Å². The highest BCUT2D eigenvalue weighted by atomic mass is 127. The van der Waals surface area contributed by atoms with Crippen molar-refractivity contribution >= 4 is 96.5 Å². The number of nitrogens with zero attached hydrogens (tertiary/aromatic N) is 1. The highest BCUT2D eigenvalue weighted by molar-refractivity contribution is 14.1. The number of benzene rings is 4. The third-order valence-electron chi connectivity index (χ3n) is 9.17. The molecule has 0 atom stereocenters. The van der Waals surface area contributed by atoms with E-state index in [0.717, 1.165) is 37.7 Å². The molecule has 4 aromatic carbocycles. The topological polar surface area (TPSA) is 117 Å². The zero-order chi connectivity index (χ0) is 38.7. The molecular formula is C43H52Cl2I4N4O2. The Hall–Kier alpha value is -0.940. The van der Waals surface area contributed by atoms with Crippen LogP contribution in [0.3, 0.4) is 0 Å². The maximum absolute atomic E-state index is 11.8. The Morgan fingerprint density at radius 2 is 0.927 bits per heavy atom. The van der Waals surface area contributed by atoms with Crippen molar-refractivity contribution in [2.75, 3.05) is 0 Å². The van der Waals surface area contributed by atoms with Gasteiger partial charge in [0.1, 0.15) is 5.60 Å². The number of hydrogen-bond donors (Lipinski definition) is 3. The average molecular weight is 1240 g/mol. The predicted molar refractivity (Wildman–Crippen MR) is 248 cm³/mol. The van der Waals surface area contributed by atoms with Gasteiger partial charge in [0.2, 0.25) is 0 Å². The molecule has 3 fully saturated rings. The Morgan fingerprint density at radius 3 is 1.20 bits per heavy atom. The number of hydrogen-bond acceptors (Lipinski definition) is 3. The predicted octanol–water partition coefficient (Wildman–Crippen LogP) is 3.47. The molecular weight excluding hydrogens is 1180 g/mol. The maximum Gasteiger partial charge on any atom is 0.408 e. The van der Waals surface area contributed by atoms with Crippen LogP contribution in [0.2, 0.25) is 0 Å². The first-order chi connectivity index (χ1) is 25.0. The Labute approximate surface area is 395 Å². The van der Waals surface area contributed by atoms with E-state index in [1.54, 1.807) is 0 Å². The van der Waals surface area contributed by atoms with E-state index in [1.807, 2.05) is 45.0 Å². The van der Waals surface area contributed by atoms with Crippen LogP contribution in [0.15, 0.2) is 97.1 Å². The number of quaternary nitrogens is 2. The van der Waals surface area contributed by atoms with E-state index in [0.29, 0.717) is 17.5 Å². The first kappa shape index (κ1) is 50.2. The quantitative estimate of drug-likeness (QED) is 0.235. The molecule has 0 bridgehead atoms. The molecule has 1 amide bonds. The molecule has 4 aromatic rings. The maximum atomic E-state index is 11.8. The van der Waals surface area contributed by atoms with Crippen molar-refractivity contribution in [3.8, 4) is 6.07 Å². The third-order valence-corrected chi connectivity index (χ3v) is 12.0. The molecule has 3 aliphatic carbocycles. The lowest BCUT2D eigenvalue weighted by molar-refractivity contribution is -0.438. The minimum Gasteiger partial charge on any atom is -1.00 e. The molecule has 0 saturated heterocycles. The molecule has 0 aromatic heterocycles. The Balaban J connectivity index is 0.000000258. The summed E-state index contributed by atoms with van der Waals surface area (Å²) in [6, 6.07) is 36.0. The van der Waals surface area contributed by atoms with Gasteiger partial charge in [-0.15, -0.1) is 0 Å². The highest BCUT2D eigenvalue weighted by Gasteiger charge is 2.45. The molecule has 12 heteroatoms. The van der Waals surface area contributed by atoms with Gasteiger partial charge in [0.25, 0.3) is 0 Å². The normalized spacial score (nSPS) is 15.8. The first-order valence-electron chi connectivity index (χ1n) is 18.0. The van der Waals surface area contributed by atoms with Crippen molar-refractivity contribution in [2.45, 2.75) is 107 Å². The molecule has 0 unspecified atom stereocenters. The molecule has 0 aliphatic heterocycles. The van der Waals surface area contributed by atoms with Crippen molar-refractivity contribution in [3.63, 3.8) is 0 Å². The van der Waals surface area contributed by atoms with Gasteiger partial charge >= 0.3 is 6.09 Å². The number of nitriles is 1. The smallest absolute Gasteiger partial charge is 0.408 e. The monoisotopic (exact) mass is 1230 g/mol. The molecule has 7 N–H and O–H groups in total. The summed E-state index contributed by atoms with van der Waals surface area (Å²) in [7, 11) is 0. The third kappa shape index (κ3) is 20.5. The van der Waals surface area contributed by atoms with Crippen molar-refractivity contribution in [1.82, 2.24) is 5.32 Å². The van der Waals surface area contributed by atoms with Crippen molar-refractivity contribution in [3.05, 3.63) is 134 Å². The number of nitrogens with one attached hydrogen (secondary N) is 1. The standard InChI is InChI=1S/C15H20INO2.2C10H12IN.C8H6IN.2ClH/c1-14(2,3)19-13(18)17-15(8-9-15)10-11-4-6-12(16)7-5-11;2*11-9-3-1-8(2-4-9)7-10(12)5-6-10;9-8-3-1-7(2-4-8)5-6-10;;/h4-7H,8-10H2,1-3H3,(H,17,18);2*1-4H,5-7,12H2;1-4H,5H2;2*1H. The summed E-state index contributed by atoms with van der Waals surface area (Å²) < 4.78 is 10.4. The van der Waals surface area contributed by atoms with Crippen LogP contribution in [0.4, 0.5) is 4.79 Å². The number of ether oxygens (including phenoxy) is 1. The van der Waals surface area contributed by atoms with Gasteiger partial charge in [-0.3, -0.25) is 0 Å². The number of alkyl carbamates (subject to hydrolysis) is 1.